The number of hydrazine groups is 1. The monoisotopic (exact) mass is 289 g/mol. The van der Waals surface area contributed by atoms with Crippen LogP contribution >= 0.6 is 0 Å². The molecule has 0 saturated heterocycles. The smallest absolute Gasteiger partial charge is 0.237 e. The molecule has 0 spiro atoms. The number of pyridine rings is 1. The quantitative estimate of drug-likeness (QED) is 0.430. The molecule has 1 aromatic rings. The van der Waals surface area contributed by atoms with Gasteiger partial charge in [0.25, 0.3) is 0 Å². The van der Waals surface area contributed by atoms with Gasteiger partial charge in [0.05, 0.1) is 12.2 Å². The summed E-state index contributed by atoms with van der Waals surface area (Å²) in [5.41, 5.74) is 8.44. The van der Waals surface area contributed by atoms with E-state index in [-0.39, 0.29) is 6.10 Å². The van der Waals surface area contributed by atoms with Crippen molar-refractivity contribution in [2.24, 2.45) is 11.6 Å². The summed E-state index contributed by atoms with van der Waals surface area (Å²) in [5, 5.41) is 4.87. The molecule has 0 fully saturated rings. The van der Waals surface area contributed by atoms with Crippen molar-refractivity contribution < 1.29 is 4.74 Å². The van der Waals surface area contributed by atoms with Gasteiger partial charge in [-0.15, -0.1) is 0 Å². The summed E-state index contributed by atoms with van der Waals surface area (Å²) >= 11 is 0. The van der Waals surface area contributed by atoms with Gasteiger partial charge in [0.1, 0.15) is 6.10 Å². The van der Waals surface area contributed by atoms with Crippen LogP contribution in [-0.2, 0) is 0 Å². The predicted octanol–water partition coefficient (Wildman–Crippen LogP) is 1.33. The fourth-order valence-corrected chi connectivity index (χ4v) is 2.21. The lowest BCUT2D eigenvalue weighted by Crippen LogP contribution is -2.33. The first-order valence-corrected chi connectivity index (χ1v) is 7.07. The number of aromatic nitrogens is 1. The highest BCUT2D eigenvalue weighted by molar-refractivity contribution is 5.76. The third kappa shape index (κ3) is 3.96. The van der Waals surface area contributed by atoms with E-state index < -0.39 is 0 Å². The van der Waals surface area contributed by atoms with E-state index in [9.17, 15) is 0 Å². The van der Waals surface area contributed by atoms with Crippen molar-refractivity contribution in [3.63, 3.8) is 0 Å². The first kappa shape index (κ1) is 15.3. The molecule has 5 N–H and O–H groups in total. The Hall–Kier alpha value is -2.05. The maximum Gasteiger partial charge on any atom is 0.237 e. The van der Waals surface area contributed by atoms with Gasteiger partial charge in [-0.2, -0.15) is 0 Å². The summed E-state index contributed by atoms with van der Waals surface area (Å²) in [6.07, 6.45) is 8.51. The van der Waals surface area contributed by atoms with Crippen LogP contribution in [0.3, 0.4) is 0 Å². The molecule has 21 heavy (non-hydrogen) atoms. The molecule has 0 radical (unpaired) electrons. The zero-order valence-electron chi connectivity index (χ0n) is 12.5. The molecular weight excluding hydrogens is 266 g/mol. The number of allylic oxidation sites excluding steroid dienone is 3. The fourth-order valence-electron chi connectivity index (χ4n) is 2.21. The van der Waals surface area contributed by atoms with Crippen LogP contribution in [0.1, 0.15) is 18.9 Å². The van der Waals surface area contributed by atoms with E-state index in [0.29, 0.717) is 12.4 Å². The van der Waals surface area contributed by atoms with Crippen LogP contribution in [0.4, 0.5) is 5.69 Å². The minimum atomic E-state index is 0.0848. The molecule has 6 nitrogen and oxygen atoms in total. The fraction of sp³-hybridized carbons (Fsp3) is 0.400. The highest BCUT2D eigenvalue weighted by Gasteiger charge is 2.20. The zero-order chi connectivity index (χ0) is 15.2. The van der Waals surface area contributed by atoms with Gasteiger partial charge in [-0.3, -0.25) is 0 Å². The molecule has 1 aliphatic heterocycles. The minimum absolute atomic E-state index is 0.0848. The Morgan fingerprint density at radius 3 is 3.10 bits per heavy atom. The van der Waals surface area contributed by atoms with Gasteiger partial charge in [0.15, 0.2) is 0 Å². The number of fused-ring (bicyclic) bond motifs is 1. The van der Waals surface area contributed by atoms with Gasteiger partial charge in [-0.05, 0) is 26.0 Å². The first-order valence-electron chi connectivity index (χ1n) is 7.07. The van der Waals surface area contributed by atoms with Crippen molar-refractivity contribution in [3.8, 4) is 5.88 Å². The molecule has 0 aliphatic carbocycles. The van der Waals surface area contributed by atoms with Crippen LogP contribution in [0.5, 0.6) is 5.88 Å². The van der Waals surface area contributed by atoms with Crippen molar-refractivity contribution in [1.29, 1.82) is 0 Å². The summed E-state index contributed by atoms with van der Waals surface area (Å²) < 4.78 is 5.82. The Morgan fingerprint density at radius 2 is 2.43 bits per heavy atom. The van der Waals surface area contributed by atoms with Gasteiger partial charge in [-0.25, -0.2) is 10.8 Å². The molecule has 0 aromatic carbocycles. The lowest BCUT2D eigenvalue weighted by molar-refractivity contribution is 0.190. The van der Waals surface area contributed by atoms with Gasteiger partial charge < -0.3 is 20.8 Å². The van der Waals surface area contributed by atoms with E-state index >= 15 is 0 Å². The Kier molecular flexibility index (Phi) is 5.19. The third-order valence-corrected chi connectivity index (χ3v) is 3.16. The van der Waals surface area contributed by atoms with Crippen molar-refractivity contribution in [2.75, 3.05) is 25.5 Å². The standard InChI is InChI=1S/C15H23N5O/c1-3-4-11(10-20(2)17)12-7-14-15(19-8-12)21-13(5-6-16)9-18-14/h3-4,7-8,10,13,18H,5-6,9,16-17H2,1-2H3/b4-3+,11-10+/t13-/m1/s1. The SMILES string of the molecule is C/C=C/C(=C\N(C)N)c1cnc2c(c1)NC[C@@H](CCN)O2. The van der Waals surface area contributed by atoms with E-state index in [1.807, 2.05) is 31.3 Å². The predicted molar refractivity (Wildman–Crippen MR) is 85.6 cm³/mol. The lowest BCUT2D eigenvalue weighted by atomic mass is 10.1. The number of nitrogens with one attached hydrogen (secondary N) is 1. The van der Waals surface area contributed by atoms with E-state index in [1.54, 1.807) is 13.2 Å². The molecule has 6 heteroatoms. The van der Waals surface area contributed by atoms with Crippen molar-refractivity contribution in [2.45, 2.75) is 19.4 Å². The van der Waals surface area contributed by atoms with Gasteiger partial charge >= 0.3 is 0 Å². The molecule has 1 aliphatic rings. The summed E-state index contributed by atoms with van der Waals surface area (Å²) in [6, 6.07) is 2.02. The van der Waals surface area contributed by atoms with E-state index in [0.717, 1.165) is 29.8 Å². The molecule has 0 bridgehead atoms. The highest BCUT2D eigenvalue weighted by Crippen LogP contribution is 2.30. The van der Waals surface area contributed by atoms with Crippen LogP contribution in [0.2, 0.25) is 0 Å². The average Bonchev–Trinajstić information content (AvgIpc) is 2.46. The highest BCUT2D eigenvalue weighted by atomic mass is 16.5. The molecule has 114 valence electrons. The zero-order valence-corrected chi connectivity index (χ0v) is 12.5. The first-order chi connectivity index (χ1) is 10.1. The largest absolute Gasteiger partial charge is 0.471 e. The molecule has 0 unspecified atom stereocenters. The van der Waals surface area contributed by atoms with Gasteiger partial charge in [0, 0.05) is 30.6 Å². The van der Waals surface area contributed by atoms with Crippen LogP contribution in [-0.4, -0.2) is 36.2 Å². The molecule has 0 amide bonds. The van der Waals surface area contributed by atoms with Crippen molar-refractivity contribution >= 4 is 11.3 Å². The van der Waals surface area contributed by atoms with Crippen molar-refractivity contribution in [1.82, 2.24) is 9.99 Å². The molecule has 0 saturated carbocycles. The number of anilines is 1. The van der Waals surface area contributed by atoms with Crippen LogP contribution in [0.15, 0.2) is 30.6 Å². The Labute approximate surface area is 125 Å². The number of nitrogens with two attached hydrogens (primary N) is 2. The Morgan fingerprint density at radius 1 is 1.62 bits per heavy atom. The normalized spacial score (nSPS) is 18.1. The maximum absolute atomic E-state index is 5.82. The van der Waals surface area contributed by atoms with Crippen LogP contribution in [0.25, 0.3) is 5.57 Å². The molecule has 2 heterocycles. The van der Waals surface area contributed by atoms with E-state index in [4.69, 9.17) is 16.3 Å². The molecule has 1 atom stereocenters. The van der Waals surface area contributed by atoms with Gasteiger partial charge in [-0.1, -0.05) is 12.2 Å². The third-order valence-electron chi connectivity index (χ3n) is 3.16. The Balaban J connectivity index is 2.25. The van der Waals surface area contributed by atoms with Crippen molar-refractivity contribution in [3.05, 3.63) is 36.2 Å². The number of hydrogen-bond acceptors (Lipinski definition) is 6. The number of nitrogens with zero attached hydrogens (tertiary/aromatic N) is 2. The second-order valence-electron chi connectivity index (χ2n) is 5.02. The van der Waals surface area contributed by atoms with Crippen LogP contribution < -0.4 is 21.6 Å². The summed E-state index contributed by atoms with van der Waals surface area (Å²) in [5.74, 6) is 6.33. The Bertz CT molecular complexity index is 539. The topological polar surface area (TPSA) is 89.4 Å². The lowest BCUT2D eigenvalue weighted by Gasteiger charge is -2.26. The van der Waals surface area contributed by atoms with E-state index in [1.165, 1.54) is 5.01 Å². The average molecular weight is 289 g/mol. The van der Waals surface area contributed by atoms with E-state index in [2.05, 4.69) is 10.3 Å². The maximum atomic E-state index is 5.82. The second-order valence-corrected chi connectivity index (χ2v) is 5.02. The molecular formula is C15H23N5O. The van der Waals surface area contributed by atoms with Gasteiger partial charge in [0.2, 0.25) is 5.88 Å². The second kappa shape index (κ2) is 7.10. The number of hydrogen-bond donors (Lipinski definition) is 3. The number of rotatable bonds is 5. The minimum Gasteiger partial charge on any atom is -0.471 e. The molecule has 2 rings (SSSR count). The summed E-state index contributed by atoms with van der Waals surface area (Å²) in [7, 11) is 1.79. The summed E-state index contributed by atoms with van der Waals surface area (Å²) in [4.78, 5) is 4.40. The van der Waals surface area contributed by atoms with Crippen LogP contribution in [0, 0.1) is 0 Å². The molecule has 1 aromatic heterocycles. The number of ether oxygens (including phenoxy) is 1. The summed E-state index contributed by atoms with van der Waals surface area (Å²) in [6.45, 7) is 3.32.